The molecule has 2 nitrogen and oxygen atoms in total. The normalized spacial score (nSPS) is 15.0. The average molecular weight is 430 g/mol. The van der Waals surface area contributed by atoms with Crippen LogP contribution in [0.15, 0.2) is 45.9 Å². The number of nitrogens with zero attached hydrogens (tertiary/aromatic N) is 2. The predicted octanol–water partition coefficient (Wildman–Crippen LogP) is 5.95. The molecule has 0 atom stereocenters. The van der Waals surface area contributed by atoms with E-state index in [0.29, 0.717) is 4.47 Å². The van der Waals surface area contributed by atoms with Crippen molar-refractivity contribution >= 4 is 31.9 Å². The first-order valence-corrected chi connectivity index (χ1v) is 9.09. The minimum absolute atomic E-state index is 0.278. The van der Waals surface area contributed by atoms with Crippen molar-refractivity contribution in [2.75, 3.05) is 0 Å². The third-order valence-corrected chi connectivity index (χ3v) is 5.11. The summed E-state index contributed by atoms with van der Waals surface area (Å²) in [7, 11) is 0. The van der Waals surface area contributed by atoms with Crippen molar-refractivity contribution in [2.45, 2.75) is 38.5 Å². The average Bonchev–Trinajstić information content (AvgIpc) is 2.54. The lowest BCUT2D eigenvalue weighted by atomic mass is 9.85. The molecule has 118 valence electrons. The Morgan fingerprint density at radius 2 is 1.59 bits per heavy atom. The van der Waals surface area contributed by atoms with E-state index < -0.39 is 0 Å². The maximum atomic E-state index is 12.2. The lowest BCUT2D eigenvalue weighted by molar-refractivity contribution is 0.356. The molecule has 5 heteroatoms. The van der Waals surface area contributed by atoms with Crippen molar-refractivity contribution in [2.24, 2.45) is 5.92 Å². The first-order chi connectivity index (χ1) is 10.7. The zero-order valence-corrected chi connectivity index (χ0v) is 15.5. The number of pyridine rings is 2. The molecule has 2 aromatic rings. The van der Waals surface area contributed by atoms with Crippen molar-refractivity contribution < 1.29 is 4.39 Å². The Balaban J connectivity index is 0.000000188. The van der Waals surface area contributed by atoms with Gasteiger partial charge < -0.3 is 0 Å². The summed E-state index contributed by atoms with van der Waals surface area (Å²) in [5.74, 6) is 0.627. The molecule has 2 aromatic heterocycles. The van der Waals surface area contributed by atoms with Crippen LogP contribution >= 0.6 is 31.9 Å². The summed E-state index contributed by atoms with van der Waals surface area (Å²) in [6, 6.07) is 3.43. The van der Waals surface area contributed by atoms with Crippen LogP contribution < -0.4 is 0 Å². The lowest BCUT2D eigenvalue weighted by Gasteiger charge is -2.21. The Kier molecular flexibility index (Phi) is 7.46. The standard InChI is InChI=1S/C12H16BrN.C5H3BrFN/c13-12-9-14-7-6-11(12)8-10-4-2-1-3-5-10;6-4-3-8-2-1-5(4)7/h6-7,9-10H,1-5,8H2;1-3H. The number of hydrogen-bond donors (Lipinski definition) is 0. The van der Waals surface area contributed by atoms with Crippen LogP contribution in [0.3, 0.4) is 0 Å². The molecule has 0 aliphatic heterocycles. The first kappa shape index (κ1) is 17.5. The lowest BCUT2D eigenvalue weighted by Crippen LogP contribution is -2.09. The summed E-state index contributed by atoms with van der Waals surface area (Å²) in [5, 5.41) is 0. The monoisotopic (exact) mass is 428 g/mol. The fourth-order valence-corrected chi connectivity index (χ4v) is 3.29. The molecule has 1 fully saturated rings. The highest BCUT2D eigenvalue weighted by atomic mass is 79.9. The molecule has 1 saturated carbocycles. The molecule has 3 rings (SSSR count). The van der Waals surface area contributed by atoms with Gasteiger partial charge in [0.2, 0.25) is 0 Å². The molecule has 0 bridgehead atoms. The predicted molar refractivity (Wildman–Crippen MR) is 94.1 cm³/mol. The Morgan fingerprint density at radius 3 is 2.14 bits per heavy atom. The molecule has 0 saturated heterocycles. The van der Waals surface area contributed by atoms with E-state index in [0.717, 1.165) is 5.92 Å². The van der Waals surface area contributed by atoms with E-state index in [1.807, 2.05) is 12.4 Å². The van der Waals surface area contributed by atoms with Crippen LogP contribution in [0.5, 0.6) is 0 Å². The molecule has 0 amide bonds. The third-order valence-electron chi connectivity index (χ3n) is 3.81. The highest BCUT2D eigenvalue weighted by Gasteiger charge is 2.14. The Morgan fingerprint density at radius 1 is 0.955 bits per heavy atom. The zero-order valence-electron chi connectivity index (χ0n) is 12.3. The Hall–Kier alpha value is -0.810. The minimum Gasteiger partial charge on any atom is -0.264 e. The second-order valence-electron chi connectivity index (χ2n) is 5.47. The molecular weight excluding hydrogens is 411 g/mol. The van der Waals surface area contributed by atoms with Gasteiger partial charge in [0.1, 0.15) is 5.82 Å². The maximum absolute atomic E-state index is 12.2. The first-order valence-electron chi connectivity index (χ1n) is 7.50. The van der Waals surface area contributed by atoms with Gasteiger partial charge in [-0.15, -0.1) is 0 Å². The second kappa shape index (κ2) is 9.36. The summed E-state index contributed by atoms with van der Waals surface area (Å²) in [5.41, 5.74) is 1.42. The SMILES string of the molecule is Brc1cnccc1CC1CCCCC1.Fc1ccncc1Br. The van der Waals surface area contributed by atoms with E-state index in [1.54, 1.807) is 0 Å². The Bertz CT molecular complexity index is 565. The fraction of sp³-hybridized carbons (Fsp3) is 0.412. The minimum atomic E-state index is -0.278. The number of rotatable bonds is 2. The van der Waals surface area contributed by atoms with Gasteiger partial charge in [0.05, 0.1) is 4.47 Å². The van der Waals surface area contributed by atoms with Gasteiger partial charge >= 0.3 is 0 Å². The maximum Gasteiger partial charge on any atom is 0.140 e. The summed E-state index contributed by atoms with van der Waals surface area (Å²) in [6.45, 7) is 0. The fourth-order valence-electron chi connectivity index (χ4n) is 2.63. The molecule has 22 heavy (non-hydrogen) atoms. The van der Waals surface area contributed by atoms with E-state index >= 15 is 0 Å². The van der Waals surface area contributed by atoms with Gasteiger partial charge in [-0.25, -0.2) is 4.39 Å². The van der Waals surface area contributed by atoms with Gasteiger partial charge in [0, 0.05) is 29.3 Å². The van der Waals surface area contributed by atoms with E-state index in [9.17, 15) is 4.39 Å². The second-order valence-corrected chi connectivity index (χ2v) is 7.17. The summed E-state index contributed by atoms with van der Waals surface area (Å²) in [6.07, 6.45) is 14.9. The van der Waals surface area contributed by atoms with Crippen LogP contribution in [-0.4, -0.2) is 9.97 Å². The van der Waals surface area contributed by atoms with Crippen LogP contribution in [0.25, 0.3) is 0 Å². The molecule has 1 aliphatic carbocycles. The largest absolute Gasteiger partial charge is 0.264 e. The van der Waals surface area contributed by atoms with Gasteiger partial charge in [-0.3, -0.25) is 9.97 Å². The van der Waals surface area contributed by atoms with Gasteiger partial charge in [-0.05, 0) is 61.9 Å². The van der Waals surface area contributed by atoms with Gasteiger partial charge in [0.15, 0.2) is 0 Å². The topological polar surface area (TPSA) is 25.8 Å². The van der Waals surface area contributed by atoms with Crippen molar-refractivity contribution in [3.63, 3.8) is 0 Å². The van der Waals surface area contributed by atoms with Crippen molar-refractivity contribution in [1.29, 1.82) is 0 Å². The van der Waals surface area contributed by atoms with Crippen LogP contribution in [0.1, 0.15) is 37.7 Å². The number of halogens is 3. The van der Waals surface area contributed by atoms with Crippen molar-refractivity contribution in [1.82, 2.24) is 9.97 Å². The molecule has 0 N–H and O–H groups in total. The van der Waals surface area contributed by atoms with E-state index in [-0.39, 0.29) is 5.82 Å². The van der Waals surface area contributed by atoms with Crippen LogP contribution in [0.4, 0.5) is 4.39 Å². The van der Waals surface area contributed by atoms with Gasteiger partial charge in [-0.1, -0.05) is 32.1 Å². The molecule has 0 aromatic carbocycles. The highest BCUT2D eigenvalue weighted by Crippen LogP contribution is 2.28. The van der Waals surface area contributed by atoms with Crippen molar-refractivity contribution in [3.8, 4) is 0 Å². The highest BCUT2D eigenvalue weighted by molar-refractivity contribution is 9.10. The van der Waals surface area contributed by atoms with Gasteiger partial charge in [0.25, 0.3) is 0 Å². The van der Waals surface area contributed by atoms with Crippen molar-refractivity contribution in [3.05, 3.63) is 57.2 Å². The molecule has 1 aliphatic rings. The summed E-state index contributed by atoms with van der Waals surface area (Å²) in [4.78, 5) is 7.75. The summed E-state index contributed by atoms with van der Waals surface area (Å²) >= 11 is 6.52. The third kappa shape index (κ3) is 5.76. The molecule has 0 radical (unpaired) electrons. The zero-order chi connectivity index (χ0) is 15.8. The molecule has 2 heterocycles. The molecular formula is C17H19Br2FN2. The van der Waals surface area contributed by atoms with E-state index in [2.05, 4.69) is 47.9 Å². The van der Waals surface area contributed by atoms with Crippen LogP contribution in [0.2, 0.25) is 0 Å². The van der Waals surface area contributed by atoms with Crippen LogP contribution in [0, 0.1) is 11.7 Å². The molecule has 0 spiro atoms. The smallest absolute Gasteiger partial charge is 0.140 e. The number of aromatic nitrogens is 2. The van der Waals surface area contributed by atoms with Crippen LogP contribution in [-0.2, 0) is 6.42 Å². The quantitative estimate of drug-likeness (QED) is 0.589. The van der Waals surface area contributed by atoms with Gasteiger partial charge in [-0.2, -0.15) is 0 Å². The summed E-state index contributed by atoms with van der Waals surface area (Å²) < 4.78 is 13.8. The van der Waals surface area contributed by atoms with E-state index in [1.165, 1.54) is 67.0 Å². The Labute approximate surface area is 147 Å². The van der Waals surface area contributed by atoms with E-state index in [4.69, 9.17) is 0 Å². The molecule has 0 unspecified atom stereocenters. The number of hydrogen-bond acceptors (Lipinski definition) is 2.